The molecular weight excluding hydrogens is 239 g/mol. The quantitative estimate of drug-likeness (QED) is 0.879. The number of aliphatic hydroxyl groups is 1. The van der Waals surface area contributed by atoms with Crippen LogP contribution in [0.5, 0.6) is 0 Å². The normalized spacial score (nSPS) is 14.3. The van der Waals surface area contributed by atoms with Gasteiger partial charge < -0.3 is 10.4 Å². The Labute approximate surface area is 103 Å². The van der Waals surface area contributed by atoms with E-state index in [9.17, 15) is 9.50 Å². The van der Waals surface area contributed by atoms with E-state index in [0.717, 1.165) is 5.01 Å². The van der Waals surface area contributed by atoms with Gasteiger partial charge >= 0.3 is 0 Å². The molecule has 1 unspecified atom stereocenters. The van der Waals surface area contributed by atoms with Crippen molar-refractivity contribution in [3.8, 4) is 0 Å². The molecule has 0 radical (unpaired) electrons. The molecule has 0 fully saturated rings. The smallest absolute Gasteiger partial charge is 0.125 e. The first-order valence-corrected chi connectivity index (χ1v) is 6.06. The van der Waals surface area contributed by atoms with E-state index in [1.807, 2.05) is 12.3 Å². The number of thiazole rings is 1. The first-order chi connectivity index (χ1) is 8.14. The van der Waals surface area contributed by atoms with Crippen molar-refractivity contribution >= 4 is 17.0 Å². The lowest BCUT2D eigenvalue weighted by Crippen LogP contribution is -2.35. The van der Waals surface area contributed by atoms with Crippen molar-refractivity contribution in [2.45, 2.75) is 12.5 Å². The molecule has 0 aliphatic rings. The zero-order valence-electron chi connectivity index (χ0n) is 9.35. The van der Waals surface area contributed by atoms with Crippen molar-refractivity contribution in [2.24, 2.45) is 0 Å². The van der Waals surface area contributed by atoms with Crippen LogP contribution in [0.3, 0.4) is 0 Å². The van der Waals surface area contributed by atoms with Crippen LogP contribution in [0, 0.1) is 5.82 Å². The lowest BCUT2D eigenvalue weighted by Gasteiger charge is -2.27. The van der Waals surface area contributed by atoms with Crippen molar-refractivity contribution in [2.75, 3.05) is 11.9 Å². The maximum atomic E-state index is 13.1. The molecule has 1 heterocycles. The minimum Gasteiger partial charge on any atom is -0.393 e. The molecule has 5 heteroatoms. The van der Waals surface area contributed by atoms with E-state index in [1.54, 1.807) is 18.3 Å². The number of nitrogens with one attached hydrogen (secondary N) is 1. The minimum atomic E-state index is -0.692. The predicted octanol–water partition coefficient (Wildman–Crippen LogP) is 2.60. The SMILES string of the molecule is CC(CO)(Nc1cccc(F)c1)c1nccs1. The summed E-state index contributed by atoms with van der Waals surface area (Å²) in [4.78, 5) is 4.18. The summed E-state index contributed by atoms with van der Waals surface area (Å²) in [5, 5.41) is 15.2. The second-order valence-electron chi connectivity index (χ2n) is 3.96. The molecule has 1 aromatic heterocycles. The van der Waals surface area contributed by atoms with Gasteiger partial charge in [0.1, 0.15) is 16.4 Å². The Hall–Kier alpha value is -1.46. The fourth-order valence-electron chi connectivity index (χ4n) is 1.54. The van der Waals surface area contributed by atoms with Crippen molar-refractivity contribution in [1.29, 1.82) is 0 Å². The van der Waals surface area contributed by atoms with Gasteiger partial charge in [0.2, 0.25) is 0 Å². The summed E-state index contributed by atoms with van der Waals surface area (Å²) in [6.07, 6.45) is 1.68. The standard InChI is InChI=1S/C12H13FN2OS/c1-12(8-16,11-14-5-6-17-11)15-10-4-2-3-9(13)7-10/h2-7,15-16H,8H2,1H3. The lowest BCUT2D eigenvalue weighted by molar-refractivity contribution is 0.223. The number of nitrogens with zero attached hydrogens (tertiary/aromatic N) is 1. The molecular formula is C12H13FN2OS. The van der Waals surface area contributed by atoms with Gasteiger partial charge in [-0.15, -0.1) is 11.3 Å². The highest BCUT2D eigenvalue weighted by Crippen LogP contribution is 2.27. The molecule has 1 aromatic carbocycles. The van der Waals surface area contributed by atoms with E-state index in [1.165, 1.54) is 23.5 Å². The van der Waals surface area contributed by atoms with Gasteiger partial charge in [-0.1, -0.05) is 6.07 Å². The maximum Gasteiger partial charge on any atom is 0.125 e. The molecule has 90 valence electrons. The molecule has 0 bridgehead atoms. The van der Waals surface area contributed by atoms with Crippen molar-refractivity contribution in [3.63, 3.8) is 0 Å². The summed E-state index contributed by atoms with van der Waals surface area (Å²) >= 11 is 1.45. The number of aliphatic hydroxyl groups excluding tert-OH is 1. The molecule has 0 amide bonds. The molecule has 0 saturated carbocycles. The number of benzene rings is 1. The van der Waals surface area contributed by atoms with Crippen LogP contribution in [0.2, 0.25) is 0 Å². The van der Waals surface area contributed by atoms with Gasteiger partial charge in [0.15, 0.2) is 0 Å². The van der Waals surface area contributed by atoms with Crippen LogP contribution in [0.25, 0.3) is 0 Å². The summed E-state index contributed by atoms with van der Waals surface area (Å²) in [5.74, 6) is -0.311. The van der Waals surface area contributed by atoms with Crippen LogP contribution < -0.4 is 5.32 Å². The number of halogens is 1. The van der Waals surface area contributed by atoms with E-state index in [4.69, 9.17) is 0 Å². The van der Waals surface area contributed by atoms with Crippen LogP contribution in [-0.4, -0.2) is 16.7 Å². The highest BCUT2D eigenvalue weighted by Gasteiger charge is 2.28. The lowest BCUT2D eigenvalue weighted by atomic mass is 10.0. The molecule has 0 aliphatic carbocycles. The van der Waals surface area contributed by atoms with Crippen molar-refractivity contribution in [1.82, 2.24) is 4.98 Å². The summed E-state index contributed by atoms with van der Waals surface area (Å²) in [6.45, 7) is 1.72. The Morgan fingerprint density at radius 3 is 2.94 bits per heavy atom. The fraction of sp³-hybridized carbons (Fsp3) is 0.250. The second kappa shape index (κ2) is 4.81. The number of hydrogen-bond donors (Lipinski definition) is 2. The van der Waals surface area contributed by atoms with Gasteiger partial charge in [0.25, 0.3) is 0 Å². The van der Waals surface area contributed by atoms with E-state index < -0.39 is 5.54 Å². The number of hydrogen-bond acceptors (Lipinski definition) is 4. The summed E-state index contributed by atoms with van der Waals surface area (Å²) in [5.41, 5.74) is -0.0705. The largest absolute Gasteiger partial charge is 0.393 e. The first kappa shape index (κ1) is 12.0. The Morgan fingerprint density at radius 1 is 1.53 bits per heavy atom. The first-order valence-electron chi connectivity index (χ1n) is 5.19. The Kier molecular flexibility index (Phi) is 3.40. The van der Waals surface area contributed by atoms with Crippen molar-refractivity contribution in [3.05, 3.63) is 46.7 Å². The van der Waals surface area contributed by atoms with Gasteiger partial charge in [-0.05, 0) is 25.1 Å². The van der Waals surface area contributed by atoms with E-state index in [2.05, 4.69) is 10.3 Å². The van der Waals surface area contributed by atoms with Gasteiger partial charge in [-0.2, -0.15) is 0 Å². The predicted molar refractivity (Wildman–Crippen MR) is 66.6 cm³/mol. The summed E-state index contributed by atoms with van der Waals surface area (Å²) < 4.78 is 13.1. The van der Waals surface area contributed by atoms with Gasteiger partial charge in [0, 0.05) is 17.3 Å². The third-order valence-electron chi connectivity index (χ3n) is 2.47. The van der Waals surface area contributed by atoms with Crippen LogP contribution in [0.4, 0.5) is 10.1 Å². The second-order valence-corrected chi connectivity index (χ2v) is 4.86. The van der Waals surface area contributed by atoms with Gasteiger partial charge in [-0.3, -0.25) is 0 Å². The molecule has 1 atom stereocenters. The molecule has 2 aromatic rings. The van der Waals surface area contributed by atoms with Crippen LogP contribution in [-0.2, 0) is 5.54 Å². The third-order valence-corrected chi connectivity index (χ3v) is 3.50. The Bertz CT molecular complexity index is 489. The third kappa shape index (κ3) is 2.62. The van der Waals surface area contributed by atoms with Crippen LogP contribution in [0.1, 0.15) is 11.9 Å². The molecule has 17 heavy (non-hydrogen) atoms. The maximum absolute atomic E-state index is 13.1. The average Bonchev–Trinajstić information content (AvgIpc) is 2.83. The number of rotatable bonds is 4. The Morgan fingerprint density at radius 2 is 2.35 bits per heavy atom. The Balaban J connectivity index is 2.26. The van der Waals surface area contributed by atoms with Gasteiger partial charge in [-0.25, -0.2) is 9.37 Å². The molecule has 0 saturated heterocycles. The van der Waals surface area contributed by atoms with Crippen LogP contribution in [0.15, 0.2) is 35.8 Å². The zero-order valence-corrected chi connectivity index (χ0v) is 10.2. The highest BCUT2D eigenvalue weighted by molar-refractivity contribution is 7.09. The molecule has 3 nitrogen and oxygen atoms in total. The molecule has 0 spiro atoms. The number of anilines is 1. The molecule has 2 rings (SSSR count). The summed E-state index contributed by atoms with van der Waals surface area (Å²) in [7, 11) is 0. The van der Waals surface area contributed by atoms with Crippen molar-refractivity contribution < 1.29 is 9.50 Å². The minimum absolute atomic E-state index is 0.114. The van der Waals surface area contributed by atoms with E-state index >= 15 is 0 Å². The molecule has 0 aliphatic heterocycles. The number of aromatic nitrogens is 1. The monoisotopic (exact) mass is 252 g/mol. The van der Waals surface area contributed by atoms with Crippen LogP contribution >= 0.6 is 11.3 Å². The fourth-order valence-corrected chi connectivity index (χ4v) is 2.29. The zero-order chi connectivity index (χ0) is 12.3. The highest BCUT2D eigenvalue weighted by atomic mass is 32.1. The average molecular weight is 252 g/mol. The molecule has 2 N–H and O–H groups in total. The van der Waals surface area contributed by atoms with Gasteiger partial charge in [0.05, 0.1) is 6.61 Å². The van der Waals surface area contributed by atoms with E-state index in [-0.39, 0.29) is 12.4 Å². The van der Waals surface area contributed by atoms with E-state index in [0.29, 0.717) is 5.69 Å². The topological polar surface area (TPSA) is 45.1 Å². The summed E-state index contributed by atoms with van der Waals surface area (Å²) in [6, 6.07) is 6.15.